The molecule has 2 N–H and O–H groups in total. The number of aryl methyl sites for hydroxylation is 1. The second-order valence-corrected chi connectivity index (χ2v) is 7.15. The van der Waals surface area contributed by atoms with Crippen LogP contribution in [0.4, 0.5) is 10.1 Å². The van der Waals surface area contributed by atoms with Crippen LogP contribution in [0.15, 0.2) is 54.6 Å². The van der Waals surface area contributed by atoms with E-state index in [1.807, 2.05) is 13.0 Å². The van der Waals surface area contributed by atoms with Crippen molar-refractivity contribution >= 4 is 33.1 Å². The Bertz CT molecular complexity index is 1130. The summed E-state index contributed by atoms with van der Waals surface area (Å²) >= 11 is 1.33. The molecule has 0 spiro atoms. The van der Waals surface area contributed by atoms with Crippen LogP contribution < -0.4 is 5.32 Å². The molecule has 4 rings (SSSR count). The summed E-state index contributed by atoms with van der Waals surface area (Å²) in [7, 11) is 0. The van der Waals surface area contributed by atoms with Crippen LogP contribution >= 0.6 is 11.3 Å². The van der Waals surface area contributed by atoms with Gasteiger partial charge in [0.05, 0.1) is 22.9 Å². The number of hydrogen-bond acceptors (Lipinski definition) is 4. The number of hydrogen-bond donors (Lipinski definition) is 2. The SMILES string of the molecule is Cc1nn(-c2ccc(F)cc2)c2sc(C(=O)Nc3cccc(CO)c3)cc12. The fourth-order valence-electron chi connectivity index (χ4n) is 2.86. The third-order valence-electron chi connectivity index (χ3n) is 4.21. The van der Waals surface area contributed by atoms with Crippen molar-refractivity contribution < 1.29 is 14.3 Å². The lowest BCUT2D eigenvalue weighted by atomic mass is 10.2. The Morgan fingerprint density at radius 1 is 1.22 bits per heavy atom. The van der Waals surface area contributed by atoms with Crippen LogP contribution in [0.1, 0.15) is 20.9 Å². The zero-order valence-corrected chi connectivity index (χ0v) is 15.3. The van der Waals surface area contributed by atoms with E-state index in [9.17, 15) is 14.3 Å². The van der Waals surface area contributed by atoms with Crippen LogP contribution in [-0.2, 0) is 6.61 Å². The number of carbonyl (C=O) groups is 1. The van der Waals surface area contributed by atoms with E-state index in [-0.39, 0.29) is 18.3 Å². The number of nitrogens with one attached hydrogen (secondary N) is 1. The molecule has 7 heteroatoms. The summed E-state index contributed by atoms with van der Waals surface area (Å²) in [6.45, 7) is 1.79. The van der Waals surface area contributed by atoms with E-state index in [1.54, 1.807) is 41.1 Å². The van der Waals surface area contributed by atoms with Gasteiger partial charge in [0.15, 0.2) is 0 Å². The van der Waals surface area contributed by atoms with Crippen LogP contribution in [-0.4, -0.2) is 20.8 Å². The Kier molecular flexibility index (Phi) is 4.47. The third kappa shape index (κ3) is 3.34. The molecule has 136 valence electrons. The largest absolute Gasteiger partial charge is 0.392 e. The Balaban J connectivity index is 1.68. The minimum atomic E-state index is -0.310. The summed E-state index contributed by atoms with van der Waals surface area (Å²) in [6, 6.07) is 15.0. The molecular formula is C20H16FN3O2S. The number of nitrogens with zero attached hydrogens (tertiary/aromatic N) is 2. The molecule has 5 nitrogen and oxygen atoms in total. The lowest BCUT2D eigenvalue weighted by Gasteiger charge is -2.05. The van der Waals surface area contributed by atoms with Gasteiger partial charge in [-0.3, -0.25) is 4.79 Å². The van der Waals surface area contributed by atoms with Crippen LogP contribution in [0, 0.1) is 12.7 Å². The molecule has 0 saturated carbocycles. The zero-order valence-electron chi connectivity index (χ0n) is 14.4. The molecule has 0 atom stereocenters. The number of aliphatic hydroxyl groups excluding tert-OH is 1. The molecule has 0 unspecified atom stereocenters. The van der Waals surface area contributed by atoms with Gasteiger partial charge in [-0.05, 0) is 55.0 Å². The molecule has 4 aromatic rings. The summed E-state index contributed by atoms with van der Waals surface area (Å²) < 4.78 is 14.9. The molecular weight excluding hydrogens is 365 g/mol. The summed E-state index contributed by atoms with van der Waals surface area (Å²) in [5.41, 5.74) is 2.89. The lowest BCUT2D eigenvalue weighted by Crippen LogP contribution is -2.10. The van der Waals surface area contributed by atoms with E-state index in [2.05, 4.69) is 10.4 Å². The number of amides is 1. The minimum absolute atomic E-state index is 0.0840. The maximum Gasteiger partial charge on any atom is 0.265 e. The highest BCUT2D eigenvalue weighted by Gasteiger charge is 2.17. The number of benzene rings is 2. The highest BCUT2D eigenvalue weighted by molar-refractivity contribution is 7.20. The third-order valence-corrected chi connectivity index (χ3v) is 5.32. The van der Waals surface area contributed by atoms with Crippen LogP contribution in [0.5, 0.6) is 0 Å². The molecule has 2 aromatic heterocycles. The number of rotatable bonds is 4. The van der Waals surface area contributed by atoms with Crippen molar-refractivity contribution in [3.63, 3.8) is 0 Å². The summed E-state index contributed by atoms with van der Waals surface area (Å²) in [5, 5.41) is 17.5. The molecule has 0 saturated heterocycles. The van der Waals surface area contributed by atoms with Gasteiger partial charge in [-0.25, -0.2) is 9.07 Å². The summed E-state index contributed by atoms with van der Waals surface area (Å²) in [5.74, 6) is -0.536. The Morgan fingerprint density at radius 2 is 2.00 bits per heavy atom. The standard InChI is InChI=1S/C20H16FN3O2S/c1-12-17-10-18(19(26)22-15-4-2-3-13(9-15)11-25)27-20(17)24(23-12)16-7-5-14(21)6-8-16/h2-10,25H,11H2,1H3,(H,22,26). The van der Waals surface area contributed by atoms with Crippen molar-refractivity contribution in [3.8, 4) is 5.69 Å². The molecule has 27 heavy (non-hydrogen) atoms. The fraction of sp³-hybridized carbons (Fsp3) is 0.100. The van der Waals surface area contributed by atoms with Crippen LogP contribution in [0.25, 0.3) is 15.9 Å². The smallest absolute Gasteiger partial charge is 0.265 e. The van der Waals surface area contributed by atoms with Crippen LogP contribution in [0.3, 0.4) is 0 Å². The number of aliphatic hydroxyl groups is 1. The predicted octanol–water partition coefficient (Wildman–Crippen LogP) is 4.28. The quantitative estimate of drug-likeness (QED) is 0.554. The number of thiophene rings is 1. The van der Waals surface area contributed by atoms with Gasteiger partial charge in [0.25, 0.3) is 5.91 Å². The van der Waals surface area contributed by atoms with Gasteiger partial charge < -0.3 is 10.4 Å². The van der Waals surface area contributed by atoms with Gasteiger partial charge in [-0.1, -0.05) is 12.1 Å². The highest BCUT2D eigenvalue weighted by Crippen LogP contribution is 2.31. The van der Waals surface area contributed by atoms with E-state index < -0.39 is 0 Å². The van der Waals surface area contributed by atoms with Crippen molar-refractivity contribution in [2.45, 2.75) is 13.5 Å². The Morgan fingerprint density at radius 3 is 2.74 bits per heavy atom. The first kappa shape index (κ1) is 17.4. The average Bonchev–Trinajstić information content (AvgIpc) is 3.24. The molecule has 0 bridgehead atoms. The average molecular weight is 381 g/mol. The van der Waals surface area contributed by atoms with Crippen molar-refractivity contribution in [1.82, 2.24) is 9.78 Å². The first-order valence-electron chi connectivity index (χ1n) is 8.31. The number of halogens is 1. The fourth-order valence-corrected chi connectivity index (χ4v) is 3.93. The molecule has 2 heterocycles. The van der Waals surface area contributed by atoms with Gasteiger partial charge in [0, 0.05) is 11.1 Å². The van der Waals surface area contributed by atoms with Crippen molar-refractivity contribution in [2.75, 3.05) is 5.32 Å². The van der Waals surface area contributed by atoms with Crippen molar-refractivity contribution in [3.05, 3.63) is 76.5 Å². The second kappa shape index (κ2) is 6.94. The zero-order chi connectivity index (χ0) is 19.0. The van der Waals surface area contributed by atoms with E-state index in [0.717, 1.165) is 27.2 Å². The number of aromatic nitrogens is 2. The minimum Gasteiger partial charge on any atom is -0.392 e. The Labute approximate surface area is 158 Å². The highest BCUT2D eigenvalue weighted by atomic mass is 32.1. The number of carbonyl (C=O) groups excluding carboxylic acids is 1. The van der Waals surface area contributed by atoms with Gasteiger partial charge in [0.2, 0.25) is 0 Å². The first-order valence-corrected chi connectivity index (χ1v) is 9.13. The van der Waals surface area contributed by atoms with Gasteiger partial charge >= 0.3 is 0 Å². The Hall–Kier alpha value is -3.03. The monoisotopic (exact) mass is 381 g/mol. The maximum absolute atomic E-state index is 13.2. The second-order valence-electron chi connectivity index (χ2n) is 6.12. The van der Waals surface area contributed by atoms with Gasteiger partial charge in [-0.2, -0.15) is 5.10 Å². The summed E-state index contributed by atoms with van der Waals surface area (Å²) in [6.07, 6.45) is 0. The predicted molar refractivity (Wildman–Crippen MR) is 104 cm³/mol. The molecule has 2 aromatic carbocycles. The molecule has 0 aliphatic carbocycles. The lowest BCUT2D eigenvalue weighted by molar-refractivity contribution is 0.103. The summed E-state index contributed by atoms with van der Waals surface area (Å²) in [4.78, 5) is 14.0. The molecule has 1 amide bonds. The molecule has 0 fully saturated rings. The van der Waals surface area contributed by atoms with Crippen molar-refractivity contribution in [1.29, 1.82) is 0 Å². The van der Waals surface area contributed by atoms with E-state index in [4.69, 9.17) is 0 Å². The van der Waals surface area contributed by atoms with E-state index >= 15 is 0 Å². The first-order chi connectivity index (χ1) is 13.0. The molecule has 0 aliphatic heterocycles. The maximum atomic E-state index is 13.2. The van der Waals surface area contributed by atoms with Crippen molar-refractivity contribution in [2.24, 2.45) is 0 Å². The molecule has 0 aliphatic rings. The van der Waals surface area contributed by atoms with E-state index in [1.165, 1.54) is 23.5 Å². The van der Waals surface area contributed by atoms with E-state index in [0.29, 0.717) is 10.6 Å². The van der Waals surface area contributed by atoms with Gasteiger partial charge in [-0.15, -0.1) is 11.3 Å². The van der Waals surface area contributed by atoms with Crippen LogP contribution in [0.2, 0.25) is 0 Å². The normalized spacial score (nSPS) is 11.1. The number of anilines is 1. The number of fused-ring (bicyclic) bond motifs is 1. The topological polar surface area (TPSA) is 67.2 Å². The van der Waals surface area contributed by atoms with Gasteiger partial charge in [0.1, 0.15) is 10.6 Å². The molecule has 0 radical (unpaired) electrons.